The Morgan fingerprint density at radius 1 is 0.857 bits per heavy atom. The molecule has 0 fully saturated rings. The minimum atomic E-state index is -1.23. The molecule has 1 aromatic rings. The summed E-state index contributed by atoms with van der Waals surface area (Å²) in [4.78, 5) is 0. The Kier molecular flexibility index (Phi) is 2.42. The van der Waals surface area contributed by atoms with Gasteiger partial charge in [0.25, 0.3) is 0 Å². The zero-order valence-corrected chi connectivity index (χ0v) is 6.67. The summed E-state index contributed by atoms with van der Waals surface area (Å²) in [6.45, 7) is 0. The quantitative estimate of drug-likeness (QED) is 0.621. The number of rotatable bonds is 0. The standard InChI is InChI=1S/C9HF2N3/c10-8-5(2-12)1-6(3-13)9(11)7(8)4-14/h1H. The molecule has 0 N–H and O–H groups in total. The maximum absolute atomic E-state index is 13.1. The van der Waals surface area contributed by atoms with E-state index in [0.717, 1.165) is 6.07 Å². The summed E-state index contributed by atoms with van der Waals surface area (Å²) in [6, 6.07) is 4.89. The third-order valence-electron chi connectivity index (χ3n) is 1.55. The van der Waals surface area contributed by atoms with Gasteiger partial charge in [-0.1, -0.05) is 0 Å². The molecule has 0 spiro atoms. The van der Waals surface area contributed by atoms with Crippen molar-refractivity contribution in [2.75, 3.05) is 0 Å². The van der Waals surface area contributed by atoms with Crippen LogP contribution in [-0.2, 0) is 0 Å². The molecule has 14 heavy (non-hydrogen) atoms. The smallest absolute Gasteiger partial charge is 0.161 e. The summed E-state index contributed by atoms with van der Waals surface area (Å²) in [5, 5.41) is 25.2. The highest BCUT2D eigenvalue weighted by Crippen LogP contribution is 2.19. The molecule has 0 aromatic heterocycles. The summed E-state index contributed by atoms with van der Waals surface area (Å²) in [5.41, 5.74) is -1.93. The molecular weight excluding hydrogens is 188 g/mol. The summed E-state index contributed by atoms with van der Waals surface area (Å²) in [7, 11) is 0. The fourth-order valence-electron chi connectivity index (χ4n) is 0.898. The molecule has 5 heteroatoms. The number of halogens is 2. The van der Waals surface area contributed by atoms with Crippen molar-refractivity contribution in [1.82, 2.24) is 0 Å². The van der Waals surface area contributed by atoms with Crippen LogP contribution in [-0.4, -0.2) is 0 Å². The highest BCUT2D eigenvalue weighted by atomic mass is 19.1. The Hall–Kier alpha value is -2.45. The average molecular weight is 189 g/mol. The largest absolute Gasteiger partial charge is 0.204 e. The van der Waals surface area contributed by atoms with E-state index in [1.165, 1.54) is 18.2 Å². The van der Waals surface area contributed by atoms with Crippen LogP contribution in [0.2, 0.25) is 0 Å². The van der Waals surface area contributed by atoms with Crippen LogP contribution in [0, 0.1) is 45.6 Å². The number of nitriles is 3. The van der Waals surface area contributed by atoms with Gasteiger partial charge in [0.15, 0.2) is 11.6 Å². The zero-order chi connectivity index (χ0) is 10.7. The Labute approximate surface area is 78.0 Å². The predicted molar refractivity (Wildman–Crippen MR) is 40.5 cm³/mol. The lowest BCUT2D eigenvalue weighted by Crippen LogP contribution is -1.98. The third kappa shape index (κ3) is 1.26. The van der Waals surface area contributed by atoms with Crippen LogP contribution >= 0.6 is 0 Å². The second-order valence-electron chi connectivity index (χ2n) is 2.31. The zero-order valence-electron chi connectivity index (χ0n) is 6.67. The maximum Gasteiger partial charge on any atom is 0.161 e. The fraction of sp³-hybridized carbons (Fsp3) is 0. The van der Waals surface area contributed by atoms with E-state index in [9.17, 15) is 8.78 Å². The van der Waals surface area contributed by atoms with Crippen molar-refractivity contribution in [3.8, 4) is 18.2 Å². The molecule has 1 aromatic carbocycles. The molecule has 0 amide bonds. The second-order valence-corrected chi connectivity index (χ2v) is 2.31. The van der Waals surface area contributed by atoms with E-state index in [1.54, 1.807) is 0 Å². The van der Waals surface area contributed by atoms with Crippen LogP contribution in [0.4, 0.5) is 8.78 Å². The van der Waals surface area contributed by atoms with Crippen molar-refractivity contribution in [3.05, 3.63) is 34.4 Å². The maximum atomic E-state index is 13.1. The van der Waals surface area contributed by atoms with E-state index in [4.69, 9.17) is 15.8 Å². The predicted octanol–water partition coefficient (Wildman–Crippen LogP) is 1.58. The van der Waals surface area contributed by atoms with E-state index in [0.29, 0.717) is 0 Å². The molecule has 0 unspecified atom stereocenters. The molecule has 1 rings (SSSR count). The van der Waals surface area contributed by atoms with Gasteiger partial charge in [-0.15, -0.1) is 0 Å². The Balaban J connectivity index is 3.71. The van der Waals surface area contributed by atoms with Crippen molar-refractivity contribution in [1.29, 1.82) is 15.8 Å². The number of hydrogen-bond donors (Lipinski definition) is 0. The van der Waals surface area contributed by atoms with Gasteiger partial charge in [-0.05, 0) is 6.07 Å². The average Bonchev–Trinajstić information content (AvgIpc) is 2.19. The number of hydrogen-bond acceptors (Lipinski definition) is 3. The number of nitrogens with zero attached hydrogens (tertiary/aromatic N) is 3. The lowest BCUT2D eigenvalue weighted by atomic mass is 10.1. The topological polar surface area (TPSA) is 71.4 Å². The summed E-state index contributed by atoms with van der Waals surface area (Å²) in [5.74, 6) is -2.46. The van der Waals surface area contributed by atoms with Crippen LogP contribution in [0.5, 0.6) is 0 Å². The van der Waals surface area contributed by atoms with E-state index < -0.39 is 28.3 Å². The van der Waals surface area contributed by atoms with Gasteiger partial charge < -0.3 is 0 Å². The second kappa shape index (κ2) is 3.51. The molecular formula is C9HF2N3. The summed E-state index contributed by atoms with van der Waals surface area (Å²) in [6.07, 6.45) is 0. The molecule has 0 bridgehead atoms. The molecule has 0 saturated heterocycles. The van der Waals surface area contributed by atoms with Gasteiger partial charge in [-0.25, -0.2) is 8.78 Å². The van der Waals surface area contributed by atoms with Gasteiger partial charge in [0.2, 0.25) is 0 Å². The van der Waals surface area contributed by atoms with Crippen molar-refractivity contribution in [3.63, 3.8) is 0 Å². The molecule has 0 aliphatic rings. The minimum absolute atomic E-state index is 0.514. The first-order chi connectivity index (χ1) is 6.65. The van der Waals surface area contributed by atoms with Crippen LogP contribution in [0.15, 0.2) is 6.07 Å². The SMILES string of the molecule is N#Cc1cc(C#N)c(F)c(C#N)c1F. The molecule has 66 valence electrons. The van der Waals surface area contributed by atoms with Crippen LogP contribution in [0.3, 0.4) is 0 Å². The van der Waals surface area contributed by atoms with Crippen molar-refractivity contribution in [2.24, 2.45) is 0 Å². The van der Waals surface area contributed by atoms with Crippen molar-refractivity contribution >= 4 is 0 Å². The first kappa shape index (κ1) is 9.64. The molecule has 0 heterocycles. The Bertz CT molecular complexity index is 477. The first-order valence-electron chi connectivity index (χ1n) is 3.38. The molecule has 0 saturated carbocycles. The van der Waals surface area contributed by atoms with E-state index in [-0.39, 0.29) is 0 Å². The summed E-state index contributed by atoms with van der Waals surface area (Å²) < 4.78 is 26.1. The van der Waals surface area contributed by atoms with Crippen LogP contribution < -0.4 is 0 Å². The third-order valence-corrected chi connectivity index (χ3v) is 1.55. The monoisotopic (exact) mass is 189 g/mol. The van der Waals surface area contributed by atoms with Gasteiger partial charge in [0.05, 0.1) is 11.1 Å². The van der Waals surface area contributed by atoms with Crippen LogP contribution in [0.25, 0.3) is 0 Å². The molecule has 0 aliphatic heterocycles. The normalized spacial score (nSPS) is 8.50. The minimum Gasteiger partial charge on any atom is -0.204 e. The number of benzene rings is 1. The Morgan fingerprint density at radius 2 is 1.29 bits per heavy atom. The first-order valence-corrected chi connectivity index (χ1v) is 3.38. The van der Waals surface area contributed by atoms with Gasteiger partial charge in [0, 0.05) is 0 Å². The molecule has 3 nitrogen and oxygen atoms in total. The van der Waals surface area contributed by atoms with E-state index in [1.807, 2.05) is 0 Å². The van der Waals surface area contributed by atoms with Gasteiger partial charge >= 0.3 is 0 Å². The highest BCUT2D eigenvalue weighted by molar-refractivity contribution is 5.49. The Morgan fingerprint density at radius 3 is 1.57 bits per heavy atom. The highest BCUT2D eigenvalue weighted by Gasteiger charge is 2.17. The van der Waals surface area contributed by atoms with Gasteiger partial charge in [-0.2, -0.15) is 15.8 Å². The van der Waals surface area contributed by atoms with Crippen molar-refractivity contribution < 1.29 is 8.78 Å². The van der Waals surface area contributed by atoms with E-state index in [2.05, 4.69) is 0 Å². The van der Waals surface area contributed by atoms with Gasteiger partial charge in [0.1, 0.15) is 23.8 Å². The molecule has 0 atom stereocenters. The molecule has 0 aliphatic carbocycles. The lowest BCUT2D eigenvalue weighted by Gasteiger charge is -1.99. The van der Waals surface area contributed by atoms with Crippen molar-refractivity contribution in [2.45, 2.75) is 0 Å². The summed E-state index contributed by atoms with van der Waals surface area (Å²) >= 11 is 0. The lowest BCUT2D eigenvalue weighted by molar-refractivity contribution is 0.572. The fourth-order valence-corrected chi connectivity index (χ4v) is 0.898. The van der Waals surface area contributed by atoms with Gasteiger partial charge in [-0.3, -0.25) is 0 Å². The molecule has 0 radical (unpaired) electrons. The van der Waals surface area contributed by atoms with E-state index >= 15 is 0 Å². The van der Waals surface area contributed by atoms with Crippen LogP contribution in [0.1, 0.15) is 16.7 Å².